The van der Waals surface area contributed by atoms with Crippen molar-refractivity contribution in [2.45, 2.75) is 26.4 Å². The Hall–Kier alpha value is -1.32. The molecule has 1 rings (SSSR count). The highest BCUT2D eigenvalue weighted by Crippen LogP contribution is 2.33. The number of ketones is 1. The average Bonchev–Trinajstić information content (AvgIpc) is 2.15. The van der Waals surface area contributed by atoms with Crippen LogP contribution in [0.2, 0.25) is 0 Å². The molecular weight excluding hydrogens is 205 g/mol. The zero-order valence-electron chi connectivity index (χ0n) is 8.48. The minimum Gasteiger partial charge on any atom is -0.294 e. The highest BCUT2D eigenvalue weighted by molar-refractivity contribution is 5.98. The Morgan fingerprint density at radius 3 is 2.40 bits per heavy atom. The van der Waals surface area contributed by atoms with Crippen LogP contribution in [0, 0.1) is 6.92 Å². The highest BCUT2D eigenvalue weighted by atomic mass is 19.4. The van der Waals surface area contributed by atoms with Crippen LogP contribution in [0.5, 0.6) is 0 Å². The maximum absolute atomic E-state index is 12.6. The molecule has 0 unspecified atom stereocenters. The molecule has 1 aromatic carbocycles. The smallest absolute Gasteiger partial charge is 0.294 e. The lowest BCUT2D eigenvalue weighted by molar-refractivity contribution is -0.138. The van der Waals surface area contributed by atoms with Crippen LogP contribution >= 0.6 is 0 Å². The van der Waals surface area contributed by atoms with Crippen LogP contribution < -0.4 is 0 Å². The molecule has 0 spiro atoms. The Bertz CT molecular complexity index is 380. The Morgan fingerprint density at radius 2 is 1.93 bits per heavy atom. The molecular formula is C11H11F3O. The van der Waals surface area contributed by atoms with Crippen molar-refractivity contribution in [3.05, 3.63) is 34.9 Å². The van der Waals surface area contributed by atoms with E-state index in [4.69, 9.17) is 0 Å². The van der Waals surface area contributed by atoms with Gasteiger partial charge in [-0.25, -0.2) is 0 Å². The summed E-state index contributed by atoms with van der Waals surface area (Å²) in [6.07, 6.45) is -4.39. The minimum atomic E-state index is -4.47. The van der Waals surface area contributed by atoms with E-state index in [1.807, 2.05) is 0 Å². The van der Waals surface area contributed by atoms with E-state index in [0.717, 1.165) is 6.07 Å². The van der Waals surface area contributed by atoms with E-state index in [-0.39, 0.29) is 12.0 Å². The molecule has 0 bridgehead atoms. The number of alkyl halides is 3. The lowest BCUT2D eigenvalue weighted by atomic mass is 9.96. The summed E-state index contributed by atoms with van der Waals surface area (Å²) in [5, 5.41) is 0. The number of hydrogen-bond acceptors (Lipinski definition) is 1. The number of carbonyl (C=O) groups excluding carboxylic acids is 1. The molecule has 0 saturated heterocycles. The summed E-state index contributed by atoms with van der Waals surface area (Å²) in [4.78, 5) is 11.4. The molecule has 1 aromatic rings. The molecule has 0 radical (unpaired) electrons. The standard InChI is InChI=1S/C11H11F3O/c1-3-9(15)10-7(2)5-4-6-8(10)11(12,13)14/h4-6H,3H2,1-2H3. The number of rotatable bonds is 2. The van der Waals surface area contributed by atoms with E-state index in [1.54, 1.807) is 6.92 Å². The third-order valence-corrected chi connectivity index (χ3v) is 2.18. The second kappa shape index (κ2) is 4.04. The predicted molar refractivity (Wildman–Crippen MR) is 50.8 cm³/mol. The highest BCUT2D eigenvalue weighted by Gasteiger charge is 2.35. The Labute approximate surface area is 85.9 Å². The summed E-state index contributed by atoms with van der Waals surface area (Å²) in [7, 11) is 0. The van der Waals surface area contributed by atoms with Crippen LogP contribution in [0.3, 0.4) is 0 Å². The number of hydrogen-bond donors (Lipinski definition) is 0. The summed E-state index contributed by atoms with van der Waals surface area (Å²) in [6.45, 7) is 3.06. The zero-order valence-corrected chi connectivity index (χ0v) is 8.48. The van der Waals surface area contributed by atoms with Crippen molar-refractivity contribution >= 4 is 5.78 Å². The third-order valence-electron chi connectivity index (χ3n) is 2.18. The molecule has 82 valence electrons. The molecule has 0 amide bonds. The van der Waals surface area contributed by atoms with Crippen molar-refractivity contribution in [2.24, 2.45) is 0 Å². The largest absolute Gasteiger partial charge is 0.417 e. The Morgan fingerprint density at radius 1 is 1.33 bits per heavy atom. The van der Waals surface area contributed by atoms with Gasteiger partial charge >= 0.3 is 6.18 Å². The first-order chi connectivity index (χ1) is 6.88. The fourth-order valence-corrected chi connectivity index (χ4v) is 1.45. The van der Waals surface area contributed by atoms with Gasteiger partial charge in [-0.1, -0.05) is 19.1 Å². The predicted octanol–water partition coefficient (Wildman–Crippen LogP) is 3.61. The molecule has 0 aromatic heterocycles. The van der Waals surface area contributed by atoms with Gasteiger partial charge in [0.1, 0.15) is 0 Å². The van der Waals surface area contributed by atoms with E-state index in [1.165, 1.54) is 19.1 Å². The Balaban J connectivity index is 3.40. The molecule has 4 heteroatoms. The second-order valence-electron chi connectivity index (χ2n) is 3.27. The van der Waals surface area contributed by atoms with Gasteiger partial charge in [-0.15, -0.1) is 0 Å². The third kappa shape index (κ3) is 2.37. The van der Waals surface area contributed by atoms with Crippen LogP contribution in [-0.2, 0) is 6.18 Å². The molecule has 0 atom stereocenters. The SMILES string of the molecule is CCC(=O)c1c(C)cccc1C(F)(F)F. The van der Waals surface area contributed by atoms with Crippen LogP contribution in [-0.4, -0.2) is 5.78 Å². The van der Waals surface area contributed by atoms with Crippen molar-refractivity contribution in [1.82, 2.24) is 0 Å². The molecule has 0 N–H and O–H groups in total. The van der Waals surface area contributed by atoms with Crippen molar-refractivity contribution in [2.75, 3.05) is 0 Å². The topological polar surface area (TPSA) is 17.1 Å². The molecule has 1 nitrogen and oxygen atoms in total. The average molecular weight is 216 g/mol. The van der Waals surface area contributed by atoms with Crippen LogP contribution in [0.4, 0.5) is 13.2 Å². The van der Waals surface area contributed by atoms with Crippen molar-refractivity contribution in [3.63, 3.8) is 0 Å². The minimum absolute atomic E-state index is 0.0773. The van der Waals surface area contributed by atoms with Crippen molar-refractivity contribution in [3.8, 4) is 0 Å². The number of aryl methyl sites for hydroxylation is 1. The van der Waals surface area contributed by atoms with E-state index in [9.17, 15) is 18.0 Å². The van der Waals surface area contributed by atoms with E-state index < -0.39 is 17.5 Å². The zero-order chi connectivity index (χ0) is 11.6. The van der Waals surface area contributed by atoms with Gasteiger partial charge in [0.25, 0.3) is 0 Å². The van der Waals surface area contributed by atoms with Crippen molar-refractivity contribution in [1.29, 1.82) is 0 Å². The molecule has 0 aliphatic rings. The quantitative estimate of drug-likeness (QED) is 0.690. The first-order valence-electron chi connectivity index (χ1n) is 4.58. The van der Waals surface area contributed by atoms with Gasteiger partial charge in [0, 0.05) is 12.0 Å². The van der Waals surface area contributed by atoms with Crippen LogP contribution in [0.25, 0.3) is 0 Å². The number of carbonyl (C=O) groups is 1. The van der Waals surface area contributed by atoms with Gasteiger partial charge in [0.05, 0.1) is 5.56 Å². The number of Topliss-reactive ketones (excluding diaryl/α,β-unsaturated/α-hetero) is 1. The fraction of sp³-hybridized carbons (Fsp3) is 0.364. The van der Waals surface area contributed by atoms with Crippen molar-refractivity contribution < 1.29 is 18.0 Å². The first kappa shape index (κ1) is 11.8. The summed E-state index contributed by atoms with van der Waals surface area (Å²) >= 11 is 0. The fourth-order valence-electron chi connectivity index (χ4n) is 1.45. The van der Waals surface area contributed by atoms with Gasteiger partial charge in [-0.3, -0.25) is 4.79 Å². The van der Waals surface area contributed by atoms with Gasteiger partial charge in [0.15, 0.2) is 5.78 Å². The lowest BCUT2D eigenvalue weighted by Crippen LogP contribution is -2.14. The molecule has 0 saturated carbocycles. The first-order valence-corrected chi connectivity index (χ1v) is 4.58. The summed E-state index contributed by atoms with van der Waals surface area (Å²) < 4.78 is 37.7. The molecule has 0 aliphatic heterocycles. The summed E-state index contributed by atoms with van der Waals surface area (Å²) in [5.74, 6) is -0.472. The maximum atomic E-state index is 12.6. The normalized spacial score (nSPS) is 11.5. The van der Waals surface area contributed by atoms with Crippen LogP contribution in [0.15, 0.2) is 18.2 Å². The van der Waals surface area contributed by atoms with Gasteiger partial charge in [-0.05, 0) is 18.6 Å². The molecule has 0 heterocycles. The summed E-state index contributed by atoms with van der Waals surface area (Å²) in [5.41, 5.74) is -0.668. The van der Waals surface area contributed by atoms with Crippen LogP contribution in [0.1, 0.15) is 34.8 Å². The van der Waals surface area contributed by atoms with Gasteiger partial charge in [0.2, 0.25) is 0 Å². The monoisotopic (exact) mass is 216 g/mol. The summed E-state index contributed by atoms with van der Waals surface area (Å²) in [6, 6.07) is 3.76. The maximum Gasteiger partial charge on any atom is 0.417 e. The van der Waals surface area contributed by atoms with Gasteiger partial charge < -0.3 is 0 Å². The molecule has 0 aliphatic carbocycles. The Kier molecular flexibility index (Phi) is 3.17. The lowest BCUT2D eigenvalue weighted by Gasteiger charge is -2.13. The van der Waals surface area contributed by atoms with E-state index >= 15 is 0 Å². The molecule has 0 fully saturated rings. The van der Waals surface area contributed by atoms with E-state index in [2.05, 4.69) is 0 Å². The van der Waals surface area contributed by atoms with Gasteiger partial charge in [-0.2, -0.15) is 13.2 Å². The second-order valence-corrected chi connectivity index (χ2v) is 3.27. The number of benzene rings is 1. The number of halogens is 3. The molecule has 15 heavy (non-hydrogen) atoms. The van der Waals surface area contributed by atoms with E-state index in [0.29, 0.717) is 5.56 Å².